The number of rotatable bonds is 1. The van der Waals surface area contributed by atoms with Crippen LogP contribution in [0.1, 0.15) is 11.1 Å². The molecule has 0 aliphatic rings. The van der Waals surface area contributed by atoms with Gasteiger partial charge in [0, 0.05) is 10.2 Å². The highest BCUT2D eigenvalue weighted by Gasteiger charge is 2.08. The van der Waals surface area contributed by atoms with Gasteiger partial charge in [-0.15, -0.1) is 0 Å². The fourth-order valence-corrected chi connectivity index (χ4v) is 2.85. The van der Waals surface area contributed by atoms with E-state index in [9.17, 15) is 0 Å². The van der Waals surface area contributed by atoms with Crippen LogP contribution in [0.15, 0.2) is 40.9 Å². The number of aromatic amines is 1. The summed E-state index contributed by atoms with van der Waals surface area (Å²) in [6.45, 7) is 4.17. The quantitative estimate of drug-likeness (QED) is 0.617. The van der Waals surface area contributed by atoms with E-state index < -0.39 is 0 Å². The van der Waals surface area contributed by atoms with E-state index in [1.165, 1.54) is 11.1 Å². The number of benzene rings is 2. The molecule has 0 aliphatic carbocycles. The largest absolute Gasteiger partial charge is 0.330 e. The van der Waals surface area contributed by atoms with Crippen LogP contribution in [0.5, 0.6) is 0 Å². The molecule has 0 radical (unpaired) electrons. The summed E-state index contributed by atoms with van der Waals surface area (Å²) in [4.78, 5) is 3.29. The average Bonchev–Trinajstić information content (AvgIpc) is 2.71. The van der Waals surface area contributed by atoms with Crippen LogP contribution in [0.4, 0.5) is 0 Å². The first-order chi connectivity index (χ1) is 9.08. The minimum Gasteiger partial charge on any atom is -0.330 e. The Morgan fingerprint density at radius 2 is 1.89 bits per heavy atom. The molecule has 1 aromatic heterocycles. The normalized spacial score (nSPS) is 11.1. The Balaban J connectivity index is 2.36. The zero-order valence-electron chi connectivity index (χ0n) is 10.7. The van der Waals surface area contributed by atoms with E-state index in [0.29, 0.717) is 0 Å². The van der Waals surface area contributed by atoms with Crippen molar-refractivity contribution >= 4 is 39.2 Å². The number of hydrogen-bond donors (Lipinski definition) is 1. The van der Waals surface area contributed by atoms with E-state index in [-0.39, 0.29) is 0 Å². The average molecular weight is 333 g/mol. The van der Waals surface area contributed by atoms with Crippen LogP contribution >= 0.6 is 28.1 Å². The number of aromatic nitrogens is 2. The van der Waals surface area contributed by atoms with Crippen molar-refractivity contribution in [1.82, 2.24) is 9.55 Å². The standard InChI is InChI=1S/C15H13BrN2S/c1-9-4-3-5-13-14(9)17-15(19)18(13)11-6-7-12(16)10(2)8-11/h3-8H,1-2H3,(H,17,19). The van der Waals surface area contributed by atoms with E-state index in [4.69, 9.17) is 12.2 Å². The van der Waals surface area contributed by atoms with Crippen molar-refractivity contribution in [3.63, 3.8) is 0 Å². The Kier molecular flexibility index (Phi) is 3.07. The molecule has 0 saturated heterocycles. The van der Waals surface area contributed by atoms with E-state index in [0.717, 1.165) is 26.0 Å². The van der Waals surface area contributed by atoms with Crippen molar-refractivity contribution in [2.45, 2.75) is 13.8 Å². The number of halogens is 1. The van der Waals surface area contributed by atoms with Gasteiger partial charge in [-0.25, -0.2) is 0 Å². The van der Waals surface area contributed by atoms with Gasteiger partial charge in [0.25, 0.3) is 0 Å². The number of aryl methyl sites for hydroxylation is 2. The van der Waals surface area contributed by atoms with E-state index in [2.05, 4.69) is 75.7 Å². The van der Waals surface area contributed by atoms with Gasteiger partial charge < -0.3 is 4.98 Å². The van der Waals surface area contributed by atoms with Gasteiger partial charge in [-0.05, 0) is 61.5 Å². The molecule has 0 aliphatic heterocycles. The predicted octanol–water partition coefficient (Wildman–Crippen LogP) is 5.07. The number of nitrogens with zero attached hydrogens (tertiary/aromatic N) is 1. The maximum absolute atomic E-state index is 5.47. The minimum atomic E-state index is 0.728. The lowest BCUT2D eigenvalue weighted by molar-refractivity contribution is 1.06. The van der Waals surface area contributed by atoms with Crippen molar-refractivity contribution in [1.29, 1.82) is 0 Å². The Hall–Kier alpha value is -1.39. The highest BCUT2D eigenvalue weighted by Crippen LogP contribution is 2.25. The van der Waals surface area contributed by atoms with Gasteiger partial charge in [0.2, 0.25) is 0 Å². The molecule has 0 unspecified atom stereocenters. The lowest BCUT2D eigenvalue weighted by atomic mass is 10.2. The fraction of sp³-hybridized carbons (Fsp3) is 0.133. The minimum absolute atomic E-state index is 0.728. The Labute approximate surface area is 125 Å². The molecule has 4 heteroatoms. The Morgan fingerprint density at radius 1 is 1.11 bits per heavy atom. The number of imidazole rings is 1. The fourth-order valence-electron chi connectivity index (χ4n) is 2.30. The first-order valence-corrected chi connectivity index (χ1v) is 7.25. The second-order valence-corrected chi connectivity index (χ2v) is 5.91. The predicted molar refractivity (Wildman–Crippen MR) is 85.6 cm³/mol. The highest BCUT2D eigenvalue weighted by molar-refractivity contribution is 9.10. The van der Waals surface area contributed by atoms with Crippen molar-refractivity contribution < 1.29 is 0 Å². The molecule has 0 spiro atoms. The summed E-state index contributed by atoms with van der Waals surface area (Å²) in [6.07, 6.45) is 0. The third-order valence-corrected chi connectivity index (χ3v) is 4.50. The third-order valence-electron chi connectivity index (χ3n) is 3.33. The molecule has 2 aromatic carbocycles. The van der Waals surface area contributed by atoms with Crippen molar-refractivity contribution in [2.24, 2.45) is 0 Å². The maximum atomic E-state index is 5.47. The molecule has 0 fully saturated rings. The number of hydrogen-bond acceptors (Lipinski definition) is 1. The molecule has 3 rings (SSSR count). The molecule has 0 saturated carbocycles. The Bertz CT molecular complexity index is 830. The van der Waals surface area contributed by atoms with E-state index in [1.807, 2.05) is 0 Å². The molecule has 0 atom stereocenters. The number of fused-ring (bicyclic) bond motifs is 1. The number of nitrogens with one attached hydrogen (secondary N) is 1. The molecule has 19 heavy (non-hydrogen) atoms. The lowest BCUT2D eigenvalue weighted by Gasteiger charge is -2.07. The van der Waals surface area contributed by atoms with Gasteiger partial charge in [-0.2, -0.15) is 0 Å². The van der Waals surface area contributed by atoms with Crippen molar-refractivity contribution in [3.05, 3.63) is 56.8 Å². The van der Waals surface area contributed by atoms with Gasteiger partial charge in [-0.1, -0.05) is 28.1 Å². The van der Waals surface area contributed by atoms with Gasteiger partial charge in [-0.3, -0.25) is 4.57 Å². The second kappa shape index (κ2) is 4.62. The summed E-state index contributed by atoms with van der Waals surface area (Å²) < 4.78 is 3.92. The van der Waals surface area contributed by atoms with Crippen LogP contribution < -0.4 is 0 Å². The SMILES string of the molecule is Cc1cc(-n2c(=S)[nH]c3c(C)cccc32)ccc1Br. The van der Waals surface area contributed by atoms with Gasteiger partial charge in [0.05, 0.1) is 11.0 Å². The topological polar surface area (TPSA) is 20.7 Å². The van der Waals surface area contributed by atoms with Crippen LogP contribution in [-0.2, 0) is 0 Å². The smallest absolute Gasteiger partial charge is 0.182 e. The van der Waals surface area contributed by atoms with Crippen molar-refractivity contribution in [2.75, 3.05) is 0 Å². The lowest BCUT2D eigenvalue weighted by Crippen LogP contribution is -1.94. The monoisotopic (exact) mass is 332 g/mol. The van der Waals surface area contributed by atoms with Crippen LogP contribution in [0, 0.1) is 18.6 Å². The molecule has 1 N–H and O–H groups in total. The van der Waals surface area contributed by atoms with Gasteiger partial charge in [0.15, 0.2) is 4.77 Å². The van der Waals surface area contributed by atoms with E-state index >= 15 is 0 Å². The zero-order valence-corrected chi connectivity index (χ0v) is 13.1. The number of para-hydroxylation sites is 1. The summed E-state index contributed by atoms with van der Waals surface area (Å²) in [5.41, 5.74) is 5.71. The number of H-pyrrole nitrogens is 1. The molecule has 0 bridgehead atoms. The molecule has 0 amide bonds. The molecule has 1 heterocycles. The molecular weight excluding hydrogens is 320 g/mol. The summed E-state index contributed by atoms with van der Waals surface area (Å²) in [5, 5.41) is 0. The summed E-state index contributed by atoms with van der Waals surface area (Å²) in [7, 11) is 0. The summed E-state index contributed by atoms with van der Waals surface area (Å²) in [5.74, 6) is 0. The van der Waals surface area contributed by atoms with Crippen LogP contribution in [0.2, 0.25) is 0 Å². The molecule has 2 nitrogen and oxygen atoms in total. The van der Waals surface area contributed by atoms with Crippen LogP contribution in [-0.4, -0.2) is 9.55 Å². The van der Waals surface area contributed by atoms with Gasteiger partial charge in [0.1, 0.15) is 0 Å². The highest BCUT2D eigenvalue weighted by atomic mass is 79.9. The summed E-state index contributed by atoms with van der Waals surface area (Å²) in [6, 6.07) is 12.5. The first kappa shape index (κ1) is 12.6. The second-order valence-electron chi connectivity index (χ2n) is 4.67. The molecule has 3 aromatic rings. The third kappa shape index (κ3) is 2.05. The van der Waals surface area contributed by atoms with Crippen molar-refractivity contribution in [3.8, 4) is 5.69 Å². The van der Waals surface area contributed by atoms with E-state index in [1.54, 1.807) is 0 Å². The zero-order chi connectivity index (χ0) is 13.6. The summed E-state index contributed by atoms with van der Waals surface area (Å²) >= 11 is 9.00. The molecular formula is C15H13BrN2S. The van der Waals surface area contributed by atoms with Crippen LogP contribution in [0.25, 0.3) is 16.7 Å². The maximum Gasteiger partial charge on any atom is 0.182 e. The molecule has 96 valence electrons. The van der Waals surface area contributed by atoms with Gasteiger partial charge >= 0.3 is 0 Å². The first-order valence-electron chi connectivity index (χ1n) is 6.05. The van der Waals surface area contributed by atoms with Crippen LogP contribution in [0.3, 0.4) is 0 Å². The Morgan fingerprint density at radius 3 is 2.63 bits per heavy atom.